The minimum absolute atomic E-state index is 0. The second-order valence-electron chi connectivity index (χ2n) is 9.93. The molecule has 3 rings (SSSR count). The predicted molar refractivity (Wildman–Crippen MR) is 151 cm³/mol. The molecule has 1 aliphatic rings. The standard InChI is InChI=1S/C30H40N2O5.ClH/c1-21(2)30(20-31,23-11-12-25(34-3)27(19-23)36-5)15-8-16-32-17-13-22(14-18-32)28(33)24-9-7-10-26(35-4)29(24)37-6;/h7,9-12,19,21-22H,8,13-18H2,1-6H3;1H. The number of carbonyl (C=O) groups excluding carboxylic acids is 1. The third-order valence-electron chi connectivity index (χ3n) is 7.76. The van der Waals surface area contributed by atoms with E-state index in [-0.39, 0.29) is 30.0 Å². The molecule has 0 aromatic heterocycles. The Kier molecular flexibility index (Phi) is 11.7. The van der Waals surface area contributed by atoms with Crippen LogP contribution in [-0.4, -0.2) is 58.8 Å². The molecule has 2 aromatic carbocycles. The van der Waals surface area contributed by atoms with Gasteiger partial charge in [-0.25, -0.2) is 0 Å². The summed E-state index contributed by atoms with van der Waals surface area (Å²) in [6.07, 6.45) is 3.25. The Morgan fingerprint density at radius 3 is 2.21 bits per heavy atom. The van der Waals surface area contributed by atoms with Crippen LogP contribution in [-0.2, 0) is 5.41 Å². The summed E-state index contributed by atoms with van der Waals surface area (Å²) in [5.41, 5.74) is 0.932. The number of halogens is 1. The Balaban J connectivity index is 0.00000507. The molecular weight excluding hydrogens is 504 g/mol. The summed E-state index contributed by atoms with van der Waals surface area (Å²) in [5, 5.41) is 10.3. The van der Waals surface area contributed by atoms with Crippen molar-refractivity contribution in [1.29, 1.82) is 5.26 Å². The number of nitrogens with zero attached hydrogens (tertiary/aromatic N) is 2. The van der Waals surface area contributed by atoms with E-state index in [9.17, 15) is 10.1 Å². The molecule has 1 atom stereocenters. The predicted octanol–water partition coefficient (Wildman–Crippen LogP) is 5.94. The molecule has 1 saturated heterocycles. The molecule has 1 aliphatic heterocycles. The quantitative estimate of drug-likeness (QED) is 0.306. The lowest BCUT2D eigenvalue weighted by Gasteiger charge is -2.34. The summed E-state index contributed by atoms with van der Waals surface area (Å²) in [4.78, 5) is 15.7. The number of Topliss-reactive ketones (excluding diaryl/α,β-unsaturated/α-hetero) is 1. The Morgan fingerprint density at radius 1 is 1.00 bits per heavy atom. The first-order valence-electron chi connectivity index (χ1n) is 13.0. The number of hydrogen-bond donors (Lipinski definition) is 0. The topological polar surface area (TPSA) is 81.0 Å². The van der Waals surface area contributed by atoms with Crippen LogP contribution in [0.15, 0.2) is 36.4 Å². The molecule has 38 heavy (non-hydrogen) atoms. The molecule has 0 bridgehead atoms. The molecule has 0 radical (unpaired) electrons. The Hall–Kier alpha value is -2.95. The number of rotatable bonds is 12. The minimum atomic E-state index is -0.614. The van der Waals surface area contributed by atoms with Gasteiger partial charge < -0.3 is 23.8 Å². The number of carbonyl (C=O) groups is 1. The number of piperidine rings is 1. The maximum absolute atomic E-state index is 13.3. The smallest absolute Gasteiger partial charge is 0.171 e. The monoisotopic (exact) mass is 544 g/mol. The molecule has 1 heterocycles. The number of ketones is 1. The van der Waals surface area contributed by atoms with Crippen molar-refractivity contribution in [2.45, 2.75) is 44.9 Å². The SMILES string of the molecule is COc1ccc(C(C#N)(CCCN2CCC(C(=O)c3cccc(OC)c3OC)CC2)C(C)C)cc1OC.Cl. The Bertz CT molecular complexity index is 1110. The first-order chi connectivity index (χ1) is 17.8. The third kappa shape index (κ3) is 6.54. The van der Waals surface area contributed by atoms with Gasteiger partial charge in [-0.3, -0.25) is 4.79 Å². The highest BCUT2D eigenvalue weighted by molar-refractivity contribution is 6.01. The Labute approximate surface area is 233 Å². The number of para-hydroxylation sites is 1. The van der Waals surface area contributed by atoms with Crippen molar-refractivity contribution in [3.05, 3.63) is 47.5 Å². The molecule has 8 heteroatoms. The van der Waals surface area contributed by atoms with Crippen LogP contribution < -0.4 is 18.9 Å². The summed E-state index contributed by atoms with van der Waals surface area (Å²) < 4.78 is 21.7. The van der Waals surface area contributed by atoms with Gasteiger partial charge in [-0.15, -0.1) is 12.4 Å². The molecule has 1 unspecified atom stereocenters. The number of methoxy groups -OCH3 is 4. The van der Waals surface area contributed by atoms with Gasteiger partial charge in [-0.05, 0) is 81.1 Å². The zero-order valence-corrected chi connectivity index (χ0v) is 24.2. The highest BCUT2D eigenvalue weighted by atomic mass is 35.5. The lowest BCUT2D eigenvalue weighted by molar-refractivity contribution is 0.0833. The van der Waals surface area contributed by atoms with Gasteiger partial charge in [-0.1, -0.05) is 26.0 Å². The highest BCUT2D eigenvalue weighted by Crippen LogP contribution is 2.41. The van der Waals surface area contributed by atoms with Gasteiger partial charge in [0.1, 0.15) is 0 Å². The van der Waals surface area contributed by atoms with Crippen molar-refractivity contribution >= 4 is 18.2 Å². The third-order valence-corrected chi connectivity index (χ3v) is 7.76. The average Bonchev–Trinajstić information content (AvgIpc) is 2.94. The van der Waals surface area contributed by atoms with E-state index < -0.39 is 5.41 Å². The zero-order valence-electron chi connectivity index (χ0n) is 23.4. The van der Waals surface area contributed by atoms with Gasteiger partial charge >= 0.3 is 0 Å². The lowest BCUT2D eigenvalue weighted by atomic mass is 9.69. The highest BCUT2D eigenvalue weighted by Gasteiger charge is 2.37. The first-order valence-corrected chi connectivity index (χ1v) is 13.0. The van der Waals surface area contributed by atoms with Crippen molar-refractivity contribution in [2.24, 2.45) is 11.8 Å². The van der Waals surface area contributed by atoms with Crippen LogP contribution in [0.4, 0.5) is 0 Å². The number of ether oxygens (including phenoxy) is 4. The van der Waals surface area contributed by atoms with Crippen LogP contribution in [0.25, 0.3) is 0 Å². The van der Waals surface area contributed by atoms with E-state index >= 15 is 0 Å². The van der Waals surface area contributed by atoms with E-state index in [1.807, 2.05) is 30.3 Å². The van der Waals surface area contributed by atoms with Crippen LogP contribution in [0.5, 0.6) is 23.0 Å². The van der Waals surface area contributed by atoms with E-state index in [1.165, 1.54) is 0 Å². The van der Waals surface area contributed by atoms with Crippen molar-refractivity contribution in [3.63, 3.8) is 0 Å². The number of likely N-dealkylation sites (tertiary alicyclic amines) is 1. The van der Waals surface area contributed by atoms with Gasteiger partial charge in [0.05, 0.1) is 45.5 Å². The molecule has 0 aliphatic carbocycles. The molecule has 0 amide bonds. The molecule has 1 fully saturated rings. The fraction of sp³-hybridized carbons (Fsp3) is 0.533. The lowest BCUT2D eigenvalue weighted by Crippen LogP contribution is -2.38. The van der Waals surface area contributed by atoms with Gasteiger partial charge in [0.15, 0.2) is 28.8 Å². The fourth-order valence-corrected chi connectivity index (χ4v) is 5.43. The normalized spacial score (nSPS) is 15.6. The van der Waals surface area contributed by atoms with Crippen LogP contribution in [0.1, 0.15) is 55.5 Å². The summed E-state index contributed by atoms with van der Waals surface area (Å²) in [5.74, 6) is 2.60. The van der Waals surface area contributed by atoms with E-state index in [4.69, 9.17) is 18.9 Å². The molecule has 0 N–H and O–H groups in total. The molecule has 0 spiro atoms. The van der Waals surface area contributed by atoms with Crippen LogP contribution in [0.2, 0.25) is 0 Å². The molecule has 208 valence electrons. The van der Waals surface area contributed by atoms with Crippen LogP contribution >= 0.6 is 12.4 Å². The Morgan fingerprint density at radius 2 is 1.66 bits per heavy atom. The van der Waals surface area contributed by atoms with Gasteiger partial charge in [0.25, 0.3) is 0 Å². The maximum atomic E-state index is 13.3. The van der Waals surface area contributed by atoms with E-state index in [2.05, 4.69) is 24.8 Å². The van der Waals surface area contributed by atoms with E-state index in [1.54, 1.807) is 34.5 Å². The molecule has 2 aromatic rings. The van der Waals surface area contributed by atoms with Gasteiger partial charge in [0.2, 0.25) is 0 Å². The van der Waals surface area contributed by atoms with Crippen LogP contribution in [0, 0.1) is 23.2 Å². The second kappa shape index (κ2) is 14.3. The van der Waals surface area contributed by atoms with Gasteiger partial charge in [-0.2, -0.15) is 5.26 Å². The van der Waals surface area contributed by atoms with E-state index in [0.29, 0.717) is 28.6 Å². The number of benzene rings is 2. The minimum Gasteiger partial charge on any atom is -0.493 e. The summed E-state index contributed by atoms with van der Waals surface area (Å²) in [6, 6.07) is 13.9. The van der Waals surface area contributed by atoms with Crippen molar-refractivity contribution in [3.8, 4) is 29.1 Å². The second-order valence-corrected chi connectivity index (χ2v) is 9.93. The van der Waals surface area contributed by atoms with Gasteiger partial charge in [0, 0.05) is 5.92 Å². The van der Waals surface area contributed by atoms with E-state index in [0.717, 1.165) is 50.9 Å². The number of hydrogen-bond acceptors (Lipinski definition) is 7. The first kappa shape index (κ1) is 31.3. The average molecular weight is 545 g/mol. The molecule has 0 saturated carbocycles. The largest absolute Gasteiger partial charge is 0.493 e. The van der Waals surface area contributed by atoms with Crippen molar-refractivity contribution in [1.82, 2.24) is 4.90 Å². The molecule has 7 nitrogen and oxygen atoms in total. The maximum Gasteiger partial charge on any atom is 0.171 e. The van der Waals surface area contributed by atoms with Crippen molar-refractivity contribution in [2.75, 3.05) is 48.1 Å². The van der Waals surface area contributed by atoms with Crippen molar-refractivity contribution < 1.29 is 23.7 Å². The summed E-state index contributed by atoms with van der Waals surface area (Å²) in [6.45, 7) is 6.82. The molecular formula is C30H41ClN2O5. The fourth-order valence-electron chi connectivity index (χ4n) is 5.43. The number of nitriles is 1. The summed E-state index contributed by atoms with van der Waals surface area (Å²) >= 11 is 0. The zero-order chi connectivity index (χ0) is 27.0. The van der Waals surface area contributed by atoms with Crippen LogP contribution in [0.3, 0.4) is 0 Å². The summed E-state index contributed by atoms with van der Waals surface area (Å²) in [7, 11) is 6.37.